The van der Waals surface area contributed by atoms with E-state index in [2.05, 4.69) is 4.98 Å². The van der Waals surface area contributed by atoms with E-state index in [4.69, 9.17) is 9.84 Å². The number of aromatic nitrogens is 1. The molecule has 0 unspecified atom stereocenters. The number of rotatable bonds is 3. The van der Waals surface area contributed by atoms with Gasteiger partial charge in [-0.15, -0.1) is 0 Å². The van der Waals surface area contributed by atoms with Crippen molar-refractivity contribution in [2.75, 3.05) is 0 Å². The van der Waals surface area contributed by atoms with Crippen LogP contribution in [0.5, 0.6) is 11.6 Å². The highest BCUT2D eigenvalue weighted by Crippen LogP contribution is 2.25. The molecule has 2 rings (SSSR count). The molecule has 0 saturated heterocycles. The summed E-state index contributed by atoms with van der Waals surface area (Å²) in [6.07, 6.45) is 0. The number of nitrogens with zero attached hydrogens (tertiary/aromatic N) is 1. The topological polar surface area (TPSA) is 42.4 Å². The van der Waals surface area contributed by atoms with E-state index in [-0.39, 0.29) is 12.4 Å². The molecule has 1 heterocycles. The highest BCUT2D eigenvalue weighted by molar-refractivity contribution is 5.36. The Morgan fingerprint density at radius 3 is 2.67 bits per heavy atom. The van der Waals surface area contributed by atoms with Gasteiger partial charge in [0.15, 0.2) is 0 Å². The van der Waals surface area contributed by atoms with Crippen molar-refractivity contribution in [1.29, 1.82) is 0 Å². The van der Waals surface area contributed by atoms with E-state index >= 15 is 0 Å². The minimum Gasteiger partial charge on any atom is -0.439 e. The summed E-state index contributed by atoms with van der Waals surface area (Å²) in [5.41, 5.74) is 2.28. The maximum Gasteiger partial charge on any atom is 0.219 e. The Labute approximate surface area is 105 Å². The minimum absolute atomic E-state index is 0.0574. The maximum atomic E-state index is 13.1. The lowest BCUT2D eigenvalue weighted by atomic mass is 10.2. The van der Waals surface area contributed by atoms with Crippen molar-refractivity contribution in [2.24, 2.45) is 0 Å². The lowest BCUT2D eigenvalue weighted by molar-refractivity contribution is 0.280. The molecule has 1 N–H and O–H groups in total. The van der Waals surface area contributed by atoms with Gasteiger partial charge >= 0.3 is 0 Å². The average Bonchev–Trinajstić information content (AvgIpc) is 2.34. The zero-order valence-electron chi connectivity index (χ0n) is 10.3. The van der Waals surface area contributed by atoms with Crippen LogP contribution >= 0.6 is 0 Å². The molecule has 4 heteroatoms. The number of benzene rings is 1. The van der Waals surface area contributed by atoms with E-state index in [1.54, 1.807) is 25.1 Å². The third kappa shape index (κ3) is 2.65. The fraction of sp³-hybridized carbons (Fsp3) is 0.214. The van der Waals surface area contributed by atoms with Crippen LogP contribution in [0.3, 0.4) is 0 Å². The first-order valence-electron chi connectivity index (χ1n) is 5.61. The third-order valence-electron chi connectivity index (χ3n) is 2.70. The molecule has 0 saturated carbocycles. The van der Waals surface area contributed by atoms with Gasteiger partial charge in [0.05, 0.1) is 6.61 Å². The van der Waals surface area contributed by atoms with Gasteiger partial charge in [0.1, 0.15) is 11.6 Å². The van der Waals surface area contributed by atoms with Crippen molar-refractivity contribution in [3.63, 3.8) is 0 Å². The lowest BCUT2D eigenvalue weighted by Gasteiger charge is -2.09. The first-order chi connectivity index (χ1) is 8.60. The number of hydrogen-bond acceptors (Lipinski definition) is 3. The molecule has 0 fully saturated rings. The molecule has 0 bridgehead atoms. The molecule has 0 radical (unpaired) electrons. The normalized spacial score (nSPS) is 10.4. The van der Waals surface area contributed by atoms with E-state index < -0.39 is 0 Å². The fourth-order valence-electron chi connectivity index (χ4n) is 1.59. The van der Waals surface area contributed by atoms with E-state index in [0.717, 1.165) is 11.1 Å². The molecule has 1 aromatic carbocycles. The minimum atomic E-state index is -0.348. The van der Waals surface area contributed by atoms with Crippen LogP contribution in [0.2, 0.25) is 0 Å². The van der Waals surface area contributed by atoms with Crippen LogP contribution in [-0.4, -0.2) is 10.1 Å². The monoisotopic (exact) mass is 247 g/mol. The molecule has 1 aromatic heterocycles. The van der Waals surface area contributed by atoms with Crippen molar-refractivity contribution in [3.05, 3.63) is 53.0 Å². The number of halogens is 1. The predicted molar refractivity (Wildman–Crippen MR) is 66.1 cm³/mol. The first kappa shape index (κ1) is 12.5. The Hall–Kier alpha value is -1.94. The fourth-order valence-corrected chi connectivity index (χ4v) is 1.59. The standard InChI is InChI=1S/C14H14FNO2/c1-9-3-5-12(15)7-13(9)18-14-6-4-11(8-17)10(2)16-14/h3-7,17H,8H2,1-2H3. The number of aliphatic hydroxyl groups excluding tert-OH is 1. The Balaban J connectivity index is 2.28. The number of ether oxygens (including phenoxy) is 1. The Morgan fingerprint density at radius 2 is 2.00 bits per heavy atom. The molecular formula is C14H14FNO2. The van der Waals surface area contributed by atoms with Crippen molar-refractivity contribution >= 4 is 0 Å². The Kier molecular flexibility index (Phi) is 3.58. The van der Waals surface area contributed by atoms with E-state index in [9.17, 15) is 4.39 Å². The Bertz CT molecular complexity index is 570. The summed E-state index contributed by atoms with van der Waals surface area (Å²) in [4.78, 5) is 4.21. The van der Waals surface area contributed by atoms with Crippen LogP contribution < -0.4 is 4.74 Å². The molecule has 0 spiro atoms. The van der Waals surface area contributed by atoms with Crippen molar-refractivity contribution in [3.8, 4) is 11.6 Å². The largest absolute Gasteiger partial charge is 0.439 e. The zero-order chi connectivity index (χ0) is 13.1. The van der Waals surface area contributed by atoms with Gasteiger partial charge in [0.25, 0.3) is 0 Å². The maximum absolute atomic E-state index is 13.1. The summed E-state index contributed by atoms with van der Waals surface area (Å²) in [5, 5.41) is 9.05. The molecule has 0 atom stereocenters. The molecule has 2 aromatic rings. The molecule has 0 amide bonds. The van der Waals surface area contributed by atoms with Gasteiger partial charge in [0, 0.05) is 17.8 Å². The molecule has 0 aliphatic carbocycles. The predicted octanol–water partition coefficient (Wildman–Crippen LogP) is 3.12. The first-order valence-corrected chi connectivity index (χ1v) is 5.61. The summed E-state index contributed by atoms with van der Waals surface area (Å²) in [6, 6.07) is 7.76. The molecular weight excluding hydrogens is 233 g/mol. The zero-order valence-corrected chi connectivity index (χ0v) is 10.3. The van der Waals surface area contributed by atoms with Crippen LogP contribution in [0, 0.1) is 19.7 Å². The van der Waals surface area contributed by atoms with Crippen LogP contribution in [-0.2, 0) is 6.61 Å². The molecule has 3 nitrogen and oxygen atoms in total. The van der Waals surface area contributed by atoms with Gasteiger partial charge < -0.3 is 9.84 Å². The smallest absolute Gasteiger partial charge is 0.219 e. The summed E-state index contributed by atoms with van der Waals surface area (Å²) >= 11 is 0. The third-order valence-corrected chi connectivity index (χ3v) is 2.70. The van der Waals surface area contributed by atoms with Gasteiger partial charge in [-0.2, -0.15) is 0 Å². The highest BCUT2D eigenvalue weighted by Gasteiger charge is 2.06. The van der Waals surface area contributed by atoms with Gasteiger partial charge in [-0.1, -0.05) is 6.07 Å². The van der Waals surface area contributed by atoms with Gasteiger partial charge in [0.2, 0.25) is 5.88 Å². The summed E-state index contributed by atoms with van der Waals surface area (Å²) in [6.45, 7) is 3.57. The quantitative estimate of drug-likeness (QED) is 0.906. The molecule has 0 aliphatic heterocycles. The SMILES string of the molecule is Cc1ccc(F)cc1Oc1ccc(CO)c(C)n1. The average molecular weight is 247 g/mol. The van der Waals surface area contributed by atoms with Gasteiger partial charge in [-0.05, 0) is 37.1 Å². The number of aliphatic hydroxyl groups is 1. The molecule has 0 aliphatic rings. The van der Waals surface area contributed by atoms with E-state index in [0.29, 0.717) is 17.3 Å². The van der Waals surface area contributed by atoms with Crippen LogP contribution in [0.4, 0.5) is 4.39 Å². The number of pyridine rings is 1. The second-order valence-electron chi connectivity index (χ2n) is 4.06. The van der Waals surface area contributed by atoms with E-state index in [1.165, 1.54) is 12.1 Å². The second kappa shape index (κ2) is 5.14. The summed E-state index contributed by atoms with van der Waals surface area (Å²) in [7, 11) is 0. The summed E-state index contributed by atoms with van der Waals surface area (Å²) < 4.78 is 18.7. The van der Waals surface area contributed by atoms with Crippen LogP contribution in [0.1, 0.15) is 16.8 Å². The Morgan fingerprint density at radius 1 is 1.22 bits per heavy atom. The summed E-state index contributed by atoms with van der Waals surface area (Å²) in [5.74, 6) is 0.483. The van der Waals surface area contributed by atoms with Gasteiger partial charge in [-0.3, -0.25) is 0 Å². The van der Waals surface area contributed by atoms with Crippen molar-refractivity contribution in [2.45, 2.75) is 20.5 Å². The highest BCUT2D eigenvalue weighted by atomic mass is 19.1. The van der Waals surface area contributed by atoms with Gasteiger partial charge in [-0.25, -0.2) is 9.37 Å². The van der Waals surface area contributed by atoms with E-state index in [1.807, 2.05) is 6.92 Å². The van der Waals surface area contributed by atoms with Crippen molar-refractivity contribution < 1.29 is 14.2 Å². The molecule has 18 heavy (non-hydrogen) atoms. The van der Waals surface area contributed by atoms with Crippen LogP contribution in [0.15, 0.2) is 30.3 Å². The lowest BCUT2D eigenvalue weighted by Crippen LogP contribution is -1.96. The van der Waals surface area contributed by atoms with Crippen LogP contribution in [0.25, 0.3) is 0 Å². The molecule has 94 valence electrons. The van der Waals surface area contributed by atoms with Crippen molar-refractivity contribution in [1.82, 2.24) is 4.98 Å². The number of hydrogen-bond donors (Lipinski definition) is 1. The second-order valence-corrected chi connectivity index (χ2v) is 4.06. The number of aryl methyl sites for hydroxylation is 2.